The minimum Gasteiger partial charge on any atom is -0.361 e. The fourth-order valence-corrected chi connectivity index (χ4v) is 2.75. The highest BCUT2D eigenvalue weighted by atomic mass is 19.1. The molecule has 2 amide bonds. The van der Waals surface area contributed by atoms with Crippen LogP contribution in [0.4, 0.5) is 4.39 Å². The first-order valence-corrected chi connectivity index (χ1v) is 8.44. The van der Waals surface area contributed by atoms with Gasteiger partial charge in [-0.25, -0.2) is 4.39 Å². The normalized spacial score (nSPS) is 10.7. The van der Waals surface area contributed by atoms with Crippen molar-refractivity contribution in [1.29, 1.82) is 0 Å². The minimum atomic E-state index is -0.362. The SMILES string of the molecule is O=C(CC(=O)NCc1ccc(F)cc1)NCCc1c[nH]c2ccccc12. The van der Waals surface area contributed by atoms with Gasteiger partial charge in [-0.3, -0.25) is 9.59 Å². The average molecular weight is 353 g/mol. The average Bonchev–Trinajstić information content (AvgIpc) is 3.04. The lowest BCUT2D eigenvalue weighted by atomic mass is 10.1. The maximum atomic E-state index is 12.8. The molecule has 5 nitrogen and oxygen atoms in total. The molecule has 0 fully saturated rings. The summed E-state index contributed by atoms with van der Waals surface area (Å²) in [6.07, 6.45) is 2.40. The molecular weight excluding hydrogens is 333 g/mol. The Morgan fingerprint density at radius 3 is 2.50 bits per heavy atom. The number of carbonyl (C=O) groups excluding carboxylic acids is 2. The van der Waals surface area contributed by atoms with Gasteiger partial charge in [0.15, 0.2) is 0 Å². The van der Waals surface area contributed by atoms with Gasteiger partial charge in [-0.05, 0) is 35.7 Å². The summed E-state index contributed by atoms with van der Waals surface area (Å²) in [5.74, 6) is -1.00. The van der Waals surface area contributed by atoms with Gasteiger partial charge in [0.05, 0.1) is 0 Å². The minimum absolute atomic E-state index is 0.227. The molecule has 0 atom stereocenters. The van der Waals surface area contributed by atoms with E-state index >= 15 is 0 Å². The van der Waals surface area contributed by atoms with Crippen molar-refractivity contribution in [3.8, 4) is 0 Å². The van der Waals surface area contributed by atoms with Gasteiger partial charge >= 0.3 is 0 Å². The Kier molecular flexibility index (Phi) is 5.63. The van der Waals surface area contributed by atoms with E-state index in [-0.39, 0.29) is 30.6 Å². The van der Waals surface area contributed by atoms with Gasteiger partial charge < -0.3 is 15.6 Å². The number of aromatic nitrogens is 1. The number of aromatic amines is 1. The summed E-state index contributed by atoms with van der Waals surface area (Å²) in [6, 6.07) is 13.8. The molecule has 0 spiro atoms. The van der Waals surface area contributed by atoms with Crippen LogP contribution in [0.3, 0.4) is 0 Å². The lowest BCUT2D eigenvalue weighted by Crippen LogP contribution is -2.32. The number of para-hydroxylation sites is 1. The molecule has 0 unspecified atom stereocenters. The van der Waals surface area contributed by atoms with Crippen LogP contribution in [-0.2, 0) is 22.6 Å². The fourth-order valence-electron chi connectivity index (χ4n) is 2.75. The molecule has 0 aliphatic rings. The molecular formula is C20H20FN3O2. The Bertz CT molecular complexity index is 903. The van der Waals surface area contributed by atoms with Gasteiger partial charge in [0.2, 0.25) is 11.8 Å². The highest BCUT2D eigenvalue weighted by Crippen LogP contribution is 2.17. The number of amides is 2. The quantitative estimate of drug-likeness (QED) is 0.571. The highest BCUT2D eigenvalue weighted by molar-refractivity contribution is 5.96. The lowest BCUT2D eigenvalue weighted by Gasteiger charge is -2.07. The van der Waals surface area contributed by atoms with Crippen molar-refractivity contribution in [1.82, 2.24) is 15.6 Å². The van der Waals surface area contributed by atoms with Crippen molar-refractivity contribution >= 4 is 22.7 Å². The van der Waals surface area contributed by atoms with E-state index in [0.717, 1.165) is 22.0 Å². The van der Waals surface area contributed by atoms with Crippen LogP contribution in [-0.4, -0.2) is 23.3 Å². The van der Waals surface area contributed by atoms with E-state index in [1.54, 1.807) is 12.1 Å². The van der Waals surface area contributed by atoms with E-state index in [9.17, 15) is 14.0 Å². The number of nitrogens with one attached hydrogen (secondary N) is 3. The molecule has 0 aliphatic carbocycles. The Balaban J connectivity index is 1.39. The zero-order valence-electron chi connectivity index (χ0n) is 14.2. The number of hydrogen-bond acceptors (Lipinski definition) is 2. The largest absolute Gasteiger partial charge is 0.361 e. The van der Waals surface area contributed by atoms with E-state index in [1.165, 1.54) is 12.1 Å². The smallest absolute Gasteiger partial charge is 0.229 e. The molecule has 0 saturated heterocycles. The van der Waals surface area contributed by atoms with E-state index in [0.29, 0.717) is 13.0 Å². The Labute approximate surface area is 150 Å². The first kappa shape index (κ1) is 17.7. The summed E-state index contributed by atoms with van der Waals surface area (Å²) >= 11 is 0. The van der Waals surface area contributed by atoms with E-state index in [1.807, 2.05) is 30.5 Å². The molecule has 0 radical (unpaired) electrons. The predicted molar refractivity (Wildman–Crippen MR) is 97.9 cm³/mol. The first-order valence-electron chi connectivity index (χ1n) is 8.44. The van der Waals surface area contributed by atoms with Crippen LogP contribution in [0.2, 0.25) is 0 Å². The number of fused-ring (bicyclic) bond motifs is 1. The third kappa shape index (κ3) is 4.69. The van der Waals surface area contributed by atoms with Crippen LogP contribution in [0.1, 0.15) is 17.5 Å². The molecule has 26 heavy (non-hydrogen) atoms. The van der Waals surface area contributed by atoms with Gasteiger partial charge in [-0.1, -0.05) is 30.3 Å². The monoisotopic (exact) mass is 353 g/mol. The zero-order valence-corrected chi connectivity index (χ0v) is 14.2. The summed E-state index contributed by atoms with van der Waals surface area (Å²) in [6.45, 7) is 0.730. The van der Waals surface area contributed by atoms with Crippen molar-refractivity contribution in [3.63, 3.8) is 0 Å². The summed E-state index contributed by atoms with van der Waals surface area (Å²) in [5.41, 5.74) is 2.97. The van der Waals surface area contributed by atoms with Crippen molar-refractivity contribution in [3.05, 3.63) is 71.7 Å². The van der Waals surface area contributed by atoms with Crippen molar-refractivity contribution in [2.75, 3.05) is 6.54 Å². The van der Waals surface area contributed by atoms with Crippen molar-refractivity contribution < 1.29 is 14.0 Å². The van der Waals surface area contributed by atoms with Crippen LogP contribution >= 0.6 is 0 Å². The number of H-pyrrole nitrogens is 1. The molecule has 0 saturated carbocycles. The molecule has 134 valence electrons. The second kappa shape index (κ2) is 8.29. The molecule has 0 bridgehead atoms. The van der Waals surface area contributed by atoms with Gasteiger partial charge in [0, 0.05) is 30.2 Å². The molecule has 3 N–H and O–H groups in total. The maximum Gasteiger partial charge on any atom is 0.229 e. The summed E-state index contributed by atoms with van der Waals surface area (Å²) in [4.78, 5) is 26.9. The van der Waals surface area contributed by atoms with Crippen LogP contribution in [0.15, 0.2) is 54.7 Å². The molecule has 1 heterocycles. The van der Waals surface area contributed by atoms with Crippen LogP contribution < -0.4 is 10.6 Å². The third-order valence-corrected chi connectivity index (χ3v) is 4.12. The van der Waals surface area contributed by atoms with Crippen LogP contribution in [0, 0.1) is 5.82 Å². The van der Waals surface area contributed by atoms with Crippen molar-refractivity contribution in [2.45, 2.75) is 19.4 Å². The number of hydrogen-bond donors (Lipinski definition) is 3. The molecule has 3 rings (SSSR count). The van der Waals surface area contributed by atoms with E-state index < -0.39 is 0 Å². The summed E-state index contributed by atoms with van der Waals surface area (Å²) in [7, 11) is 0. The van der Waals surface area contributed by atoms with Gasteiger partial charge in [-0.15, -0.1) is 0 Å². The van der Waals surface area contributed by atoms with Crippen LogP contribution in [0.5, 0.6) is 0 Å². The maximum absolute atomic E-state index is 12.8. The number of rotatable bonds is 7. The lowest BCUT2D eigenvalue weighted by molar-refractivity contribution is -0.129. The summed E-state index contributed by atoms with van der Waals surface area (Å²) < 4.78 is 12.8. The van der Waals surface area contributed by atoms with Gasteiger partial charge in [0.1, 0.15) is 12.2 Å². The van der Waals surface area contributed by atoms with Gasteiger partial charge in [0.25, 0.3) is 0 Å². The van der Waals surface area contributed by atoms with Gasteiger partial charge in [-0.2, -0.15) is 0 Å². The van der Waals surface area contributed by atoms with Crippen LogP contribution in [0.25, 0.3) is 10.9 Å². The molecule has 0 aliphatic heterocycles. The predicted octanol–water partition coefficient (Wildman–Crippen LogP) is 2.67. The summed E-state index contributed by atoms with van der Waals surface area (Å²) in [5, 5.41) is 6.55. The first-order chi connectivity index (χ1) is 12.6. The zero-order chi connectivity index (χ0) is 18.4. The molecule has 3 aromatic rings. The molecule has 2 aromatic carbocycles. The standard InChI is InChI=1S/C20H20FN3O2/c21-16-7-5-14(6-8-16)12-24-20(26)11-19(25)22-10-9-15-13-23-18-4-2-1-3-17(15)18/h1-8,13,23H,9-12H2,(H,22,25)(H,24,26). The second-order valence-electron chi connectivity index (χ2n) is 6.04. The van der Waals surface area contributed by atoms with Crippen molar-refractivity contribution in [2.24, 2.45) is 0 Å². The third-order valence-electron chi connectivity index (χ3n) is 4.12. The fraction of sp³-hybridized carbons (Fsp3) is 0.200. The number of benzene rings is 2. The molecule has 6 heteroatoms. The Morgan fingerprint density at radius 2 is 1.69 bits per heavy atom. The van der Waals surface area contributed by atoms with E-state index in [4.69, 9.17) is 0 Å². The second-order valence-corrected chi connectivity index (χ2v) is 6.04. The topological polar surface area (TPSA) is 74.0 Å². The molecule has 1 aromatic heterocycles. The Morgan fingerprint density at radius 1 is 0.962 bits per heavy atom. The van der Waals surface area contributed by atoms with E-state index in [2.05, 4.69) is 15.6 Å². The number of halogens is 1. The highest BCUT2D eigenvalue weighted by Gasteiger charge is 2.09. The Hall–Kier alpha value is -3.15. The number of carbonyl (C=O) groups is 2.